The molecule has 4 aliphatic rings. The van der Waals surface area contributed by atoms with Gasteiger partial charge in [-0.2, -0.15) is 21.4 Å². The molecule has 3 aliphatic heterocycles. The van der Waals surface area contributed by atoms with Gasteiger partial charge in [0.2, 0.25) is 17.5 Å². The number of rotatable bonds is 24. The van der Waals surface area contributed by atoms with Crippen molar-refractivity contribution in [2.24, 2.45) is 0 Å². The zero-order chi connectivity index (χ0) is 64.0. The number of hydrogen-bond acceptors (Lipinski definition) is 8. The Labute approximate surface area is 531 Å². The molecule has 2 amide bonds. The standard InChI is InChI=1S/C74H82FN5O8S2/c1-7-43-78-65-38-35-59(77(44-18-47-89(83,84)85)45-19-48-90(86,87)88)50-62(65)73(3,4)67(78)39-33-55-23-17-24-56(71(55)61-25-13-14-26-63(61)75)34-40-68-74(5,6)72-60-36-29-52(2)49-57(60)32-37-66(72)79(68)46-16-8-9-28-69(81)76-42-41-70(82)80-51-58-22-11-10-20-53(58)30-31-54-21-12-15-27-64(54)80/h10-15,20-22,25-27,29,32-40,49-50H,7-9,16-19,23-24,28,41-48,51H2,1-6H3,(H2-,76,81,83,84,85,86,87,88)/p+1. The summed E-state index contributed by atoms with van der Waals surface area (Å²) in [6, 6.07) is 39.8. The second-order valence-corrected chi connectivity index (χ2v) is 28.4. The first kappa shape index (κ1) is 65.0. The Kier molecular flexibility index (Phi) is 20.0. The molecule has 0 bridgehead atoms. The minimum atomic E-state index is -4.22. The molecule has 16 heteroatoms. The highest BCUT2D eigenvalue weighted by molar-refractivity contribution is 7.86. The number of aryl methyl sites for hydroxylation is 1. The molecule has 0 saturated carbocycles. The summed E-state index contributed by atoms with van der Waals surface area (Å²) in [7, 11) is -8.45. The zero-order valence-corrected chi connectivity index (χ0v) is 54.3. The molecular formula is C74H83FN5O8S2+. The fourth-order valence-electron chi connectivity index (χ4n) is 13.6. The Balaban J connectivity index is 0.901. The van der Waals surface area contributed by atoms with Crippen molar-refractivity contribution in [2.45, 2.75) is 130 Å². The third kappa shape index (κ3) is 14.8. The topological polar surface area (TPSA) is 168 Å². The first-order chi connectivity index (χ1) is 43.0. The van der Waals surface area contributed by atoms with Crippen LogP contribution in [-0.2, 0) is 47.2 Å². The highest BCUT2D eigenvalue weighted by Gasteiger charge is 2.46. The normalized spacial score (nSPS) is 16.9. The number of nitrogens with one attached hydrogen (secondary N) is 1. The van der Waals surface area contributed by atoms with Crippen LogP contribution in [0.15, 0.2) is 162 Å². The molecule has 1 aliphatic carbocycles. The Morgan fingerprint density at radius 1 is 0.744 bits per heavy atom. The Morgan fingerprint density at radius 2 is 1.46 bits per heavy atom. The molecular weight excluding hydrogens is 1170 g/mol. The summed E-state index contributed by atoms with van der Waals surface area (Å²) >= 11 is 0. The van der Waals surface area contributed by atoms with Gasteiger partial charge in [-0.15, -0.1) is 0 Å². The van der Waals surface area contributed by atoms with E-state index in [9.17, 15) is 35.5 Å². The number of fused-ring (bicyclic) bond motifs is 6. The van der Waals surface area contributed by atoms with Crippen LogP contribution in [0.4, 0.5) is 27.1 Å². The van der Waals surface area contributed by atoms with Crippen LogP contribution in [0.3, 0.4) is 0 Å². The molecule has 13 nitrogen and oxygen atoms in total. The summed E-state index contributed by atoms with van der Waals surface area (Å²) in [5.41, 5.74) is 14.6. The van der Waals surface area contributed by atoms with E-state index in [0.717, 1.165) is 125 Å². The molecule has 10 rings (SSSR count). The number of allylic oxidation sites excluding steroid dienone is 8. The van der Waals surface area contributed by atoms with Gasteiger partial charge in [0.1, 0.15) is 12.4 Å². The SMILES string of the molecule is CCCN1/C(=C/C=C2\CCCC(/C=C/C3=[N+](CCCCCC(=O)NCCC(=O)N4Cc5ccccc5C#Cc5ccccc54)c4ccc5cc(C)ccc5c4C3(C)C)=C2c2ccccc2F)C(C)(C)c2cc(N(CCCS(=O)(=O)O)CCCS(=O)(=O)O)ccc21. The highest BCUT2D eigenvalue weighted by Crippen LogP contribution is 2.50. The van der Waals surface area contributed by atoms with Crippen LogP contribution < -0.4 is 20.0 Å². The summed E-state index contributed by atoms with van der Waals surface area (Å²) in [5.74, 6) is 5.16. The van der Waals surface area contributed by atoms with Gasteiger partial charge >= 0.3 is 0 Å². The van der Waals surface area contributed by atoms with Crippen molar-refractivity contribution in [3.8, 4) is 11.8 Å². The van der Waals surface area contributed by atoms with E-state index in [2.05, 4.69) is 135 Å². The Bertz CT molecular complexity index is 4190. The Hall–Kier alpha value is -7.94. The molecule has 470 valence electrons. The van der Waals surface area contributed by atoms with E-state index in [-0.39, 0.29) is 56.5 Å². The van der Waals surface area contributed by atoms with Gasteiger partial charge in [0.15, 0.2) is 5.71 Å². The second kappa shape index (κ2) is 27.7. The van der Waals surface area contributed by atoms with Crippen LogP contribution >= 0.6 is 0 Å². The van der Waals surface area contributed by atoms with Crippen molar-refractivity contribution >= 4 is 76.9 Å². The van der Waals surface area contributed by atoms with Gasteiger partial charge in [0, 0.05) is 102 Å². The highest BCUT2D eigenvalue weighted by atomic mass is 32.2. The number of amides is 2. The molecule has 0 unspecified atom stereocenters. The molecule has 0 aromatic heterocycles. The third-order valence-corrected chi connectivity index (χ3v) is 19.6. The molecule has 0 fully saturated rings. The number of anilines is 3. The van der Waals surface area contributed by atoms with Crippen molar-refractivity contribution in [3.63, 3.8) is 0 Å². The maximum absolute atomic E-state index is 16.5. The zero-order valence-electron chi connectivity index (χ0n) is 52.6. The summed E-state index contributed by atoms with van der Waals surface area (Å²) in [5, 5.41) is 5.41. The number of benzene rings is 6. The molecule has 6 aromatic rings. The lowest BCUT2D eigenvalue weighted by Crippen LogP contribution is -2.35. The van der Waals surface area contributed by atoms with E-state index >= 15 is 4.39 Å². The third-order valence-electron chi connectivity index (χ3n) is 18.0. The monoisotopic (exact) mass is 1250 g/mol. The van der Waals surface area contributed by atoms with Gasteiger partial charge in [-0.1, -0.05) is 117 Å². The summed E-state index contributed by atoms with van der Waals surface area (Å²) in [6.45, 7) is 15.7. The molecule has 0 atom stereocenters. The lowest BCUT2D eigenvalue weighted by Gasteiger charge is -2.28. The average molecular weight is 1250 g/mol. The van der Waals surface area contributed by atoms with E-state index in [0.29, 0.717) is 24.9 Å². The predicted octanol–water partition coefficient (Wildman–Crippen LogP) is 14.3. The van der Waals surface area contributed by atoms with Crippen molar-refractivity contribution in [3.05, 3.63) is 207 Å². The number of carbonyl (C=O) groups excluding carboxylic acids is 2. The van der Waals surface area contributed by atoms with E-state index in [1.54, 1.807) is 11.0 Å². The first-order valence-corrected chi connectivity index (χ1v) is 34.8. The van der Waals surface area contributed by atoms with Gasteiger partial charge in [-0.05, 0) is 165 Å². The van der Waals surface area contributed by atoms with E-state index in [1.165, 1.54) is 28.0 Å². The van der Waals surface area contributed by atoms with Crippen molar-refractivity contribution < 1.29 is 44.5 Å². The van der Waals surface area contributed by atoms with E-state index in [1.807, 2.05) is 71.6 Å². The predicted molar refractivity (Wildman–Crippen MR) is 362 cm³/mol. The smallest absolute Gasteiger partial charge is 0.264 e. The summed E-state index contributed by atoms with van der Waals surface area (Å²) in [6.07, 6.45) is 15.1. The van der Waals surface area contributed by atoms with Crippen LogP contribution in [-0.4, -0.2) is 92.3 Å². The van der Waals surface area contributed by atoms with Gasteiger partial charge in [0.25, 0.3) is 20.2 Å². The molecule has 3 heterocycles. The van der Waals surface area contributed by atoms with Crippen LogP contribution in [0.5, 0.6) is 0 Å². The van der Waals surface area contributed by atoms with Gasteiger partial charge in [-0.25, -0.2) is 4.39 Å². The number of carbonyl (C=O) groups is 2. The van der Waals surface area contributed by atoms with Gasteiger partial charge < -0.3 is 20.0 Å². The molecule has 6 aromatic carbocycles. The molecule has 0 spiro atoms. The quantitative estimate of drug-likeness (QED) is 0.0230. The molecule has 3 N–H and O–H groups in total. The maximum Gasteiger partial charge on any atom is 0.264 e. The van der Waals surface area contributed by atoms with Crippen LogP contribution in [0.1, 0.15) is 144 Å². The summed E-state index contributed by atoms with van der Waals surface area (Å²) in [4.78, 5) is 33.2. The largest absolute Gasteiger partial charge is 0.371 e. The fourth-order valence-corrected chi connectivity index (χ4v) is 14.6. The number of unbranched alkanes of at least 4 members (excludes halogenated alkanes) is 2. The summed E-state index contributed by atoms with van der Waals surface area (Å²) < 4.78 is 84.8. The van der Waals surface area contributed by atoms with Gasteiger partial charge in [-0.3, -0.25) is 18.7 Å². The lowest BCUT2D eigenvalue weighted by atomic mass is 9.78. The maximum atomic E-state index is 16.5. The van der Waals surface area contributed by atoms with Crippen LogP contribution in [0.2, 0.25) is 0 Å². The van der Waals surface area contributed by atoms with E-state index in [4.69, 9.17) is 0 Å². The van der Waals surface area contributed by atoms with Crippen molar-refractivity contribution in [1.29, 1.82) is 0 Å². The minimum Gasteiger partial charge on any atom is -0.371 e. The van der Waals surface area contributed by atoms with Crippen molar-refractivity contribution in [1.82, 2.24) is 5.32 Å². The van der Waals surface area contributed by atoms with Crippen LogP contribution in [0, 0.1) is 24.6 Å². The number of para-hydroxylation sites is 1. The number of hydrogen-bond donors (Lipinski definition) is 3. The van der Waals surface area contributed by atoms with E-state index < -0.39 is 42.6 Å². The molecule has 0 saturated heterocycles. The molecule has 90 heavy (non-hydrogen) atoms. The number of halogens is 1. The number of nitrogens with zero attached hydrogens (tertiary/aromatic N) is 4. The second-order valence-electron chi connectivity index (χ2n) is 25.2. The molecule has 0 radical (unpaired) electrons. The fraction of sp³-hybridized carbons (Fsp3) is 0.365. The first-order valence-electron chi connectivity index (χ1n) is 31.6. The van der Waals surface area contributed by atoms with Gasteiger partial charge in [0.05, 0.1) is 29.2 Å². The minimum absolute atomic E-state index is 0.0789. The lowest BCUT2D eigenvalue weighted by molar-refractivity contribution is -0.438. The average Bonchev–Trinajstić information content (AvgIpc) is 1.58. The van der Waals surface area contributed by atoms with Crippen LogP contribution in [0.25, 0.3) is 16.3 Å². The Morgan fingerprint density at radius 3 is 2.20 bits per heavy atom. The van der Waals surface area contributed by atoms with Crippen molar-refractivity contribution in [2.75, 3.05) is 58.9 Å².